The van der Waals surface area contributed by atoms with E-state index in [2.05, 4.69) is 0 Å². The fraction of sp³-hybridized carbons (Fsp3) is 1.00. The molecule has 1 aliphatic rings. The van der Waals surface area contributed by atoms with Gasteiger partial charge in [-0.3, -0.25) is 0 Å². The number of hydrogen-bond acceptors (Lipinski definition) is 6. The average Bonchev–Trinajstić information content (AvgIpc) is 2.08. The molecule has 0 radical (unpaired) electrons. The topological polar surface area (TPSA) is 116 Å². The normalized spacial score (nSPS) is 45.5. The van der Waals surface area contributed by atoms with Crippen LogP contribution in [0, 0.1) is 0 Å². The summed E-state index contributed by atoms with van der Waals surface area (Å²) in [7, 11) is 0. The van der Waals surface area contributed by atoms with Crippen molar-refractivity contribution in [3.63, 3.8) is 0 Å². The maximum atomic E-state index is 9.20. The second-order valence-electron chi connectivity index (χ2n) is 2.81. The molecule has 0 aliphatic carbocycles. The van der Waals surface area contributed by atoms with Crippen LogP contribution in [0.15, 0.2) is 0 Å². The van der Waals surface area contributed by atoms with Crippen molar-refractivity contribution >= 4 is 12.4 Å². The molecule has 0 unspecified atom stereocenters. The highest BCUT2D eigenvalue weighted by Crippen LogP contribution is 2.17. The van der Waals surface area contributed by atoms with E-state index in [-0.39, 0.29) is 12.4 Å². The van der Waals surface area contributed by atoms with Crippen molar-refractivity contribution in [2.45, 2.75) is 30.6 Å². The maximum Gasteiger partial charge on any atom is 0.173 e. The molecule has 1 fully saturated rings. The van der Waals surface area contributed by atoms with Crippen LogP contribution >= 0.6 is 12.4 Å². The van der Waals surface area contributed by atoms with Gasteiger partial charge in [0, 0.05) is 0 Å². The molecule has 0 amide bonds. The lowest BCUT2D eigenvalue weighted by atomic mass is 9.98. The number of rotatable bonds is 1. The van der Waals surface area contributed by atoms with Crippen LogP contribution in [-0.2, 0) is 4.74 Å². The Bertz CT molecular complexity index is 155. The van der Waals surface area contributed by atoms with Gasteiger partial charge in [0.1, 0.15) is 18.3 Å². The third kappa shape index (κ3) is 2.50. The Hall–Kier alpha value is 0.0500. The van der Waals surface area contributed by atoms with Crippen LogP contribution in [0.5, 0.6) is 0 Å². The maximum absolute atomic E-state index is 9.20. The second-order valence-corrected chi connectivity index (χ2v) is 2.81. The summed E-state index contributed by atoms with van der Waals surface area (Å²) < 4.78 is 4.70. The first kappa shape index (κ1) is 13.1. The van der Waals surface area contributed by atoms with Crippen LogP contribution in [0.3, 0.4) is 0 Å². The van der Waals surface area contributed by atoms with E-state index in [0.717, 1.165) is 0 Å². The van der Waals surface area contributed by atoms with Crippen LogP contribution in [-0.4, -0.2) is 57.7 Å². The van der Waals surface area contributed by atoms with Gasteiger partial charge in [0.2, 0.25) is 0 Å². The summed E-state index contributed by atoms with van der Waals surface area (Å²) in [6, 6.07) is -1.04. The van der Waals surface area contributed by atoms with Crippen molar-refractivity contribution in [2.75, 3.05) is 6.61 Å². The highest BCUT2D eigenvalue weighted by molar-refractivity contribution is 5.85. The van der Waals surface area contributed by atoms with E-state index in [4.69, 9.17) is 20.7 Å². The molecular formula is C6H14ClNO5. The third-order valence-electron chi connectivity index (χ3n) is 1.95. The molecule has 7 heteroatoms. The molecule has 1 aliphatic heterocycles. The molecule has 0 spiro atoms. The van der Waals surface area contributed by atoms with Crippen molar-refractivity contribution in [1.82, 2.24) is 0 Å². The highest BCUT2D eigenvalue weighted by Gasteiger charge is 2.41. The smallest absolute Gasteiger partial charge is 0.173 e. The number of halogens is 1. The lowest BCUT2D eigenvalue weighted by Gasteiger charge is -2.38. The van der Waals surface area contributed by atoms with Crippen molar-refractivity contribution < 1.29 is 25.2 Å². The Kier molecular flexibility index (Phi) is 5.08. The van der Waals surface area contributed by atoms with E-state index < -0.39 is 37.3 Å². The van der Waals surface area contributed by atoms with Crippen molar-refractivity contribution in [1.29, 1.82) is 0 Å². The minimum Gasteiger partial charge on any atom is -0.394 e. The van der Waals surface area contributed by atoms with Crippen LogP contribution in [0.25, 0.3) is 0 Å². The van der Waals surface area contributed by atoms with Gasteiger partial charge in [0.15, 0.2) is 6.29 Å². The van der Waals surface area contributed by atoms with Gasteiger partial charge in [0.05, 0.1) is 12.6 Å². The summed E-state index contributed by atoms with van der Waals surface area (Å²) in [5, 5.41) is 36.1. The molecule has 6 N–H and O–H groups in total. The Balaban J connectivity index is 0.00000144. The van der Waals surface area contributed by atoms with E-state index in [0.29, 0.717) is 0 Å². The predicted molar refractivity (Wildman–Crippen MR) is 45.2 cm³/mol. The average molecular weight is 216 g/mol. The van der Waals surface area contributed by atoms with Gasteiger partial charge in [-0.1, -0.05) is 0 Å². The zero-order chi connectivity index (χ0) is 9.30. The Morgan fingerprint density at radius 3 is 2.15 bits per heavy atom. The third-order valence-corrected chi connectivity index (χ3v) is 1.95. The molecule has 6 nitrogen and oxygen atoms in total. The molecule has 1 saturated heterocycles. The molecule has 0 aromatic rings. The van der Waals surface area contributed by atoms with Crippen LogP contribution < -0.4 is 5.73 Å². The van der Waals surface area contributed by atoms with Gasteiger partial charge in [-0.2, -0.15) is 0 Å². The molecule has 1 heterocycles. The molecule has 0 saturated carbocycles. The van der Waals surface area contributed by atoms with E-state index in [1.54, 1.807) is 0 Å². The van der Waals surface area contributed by atoms with Gasteiger partial charge in [-0.25, -0.2) is 0 Å². The Labute approximate surface area is 81.3 Å². The fourth-order valence-electron chi connectivity index (χ4n) is 1.12. The van der Waals surface area contributed by atoms with E-state index in [1.807, 2.05) is 0 Å². The van der Waals surface area contributed by atoms with E-state index >= 15 is 0 Å². The molecule has 0 aromatic carbocycles. The molecular weight excluding hydrogens is 202 g/mol. The number of aliphatic hydroxyl groups is 4. The number of aliphatic hydroxyl groups excluding tert-OH is 4. The van der Waals surface area contributed by atoms with Crippen molar-refractivity contribution in [3.05, 3.63) is 0 Å². The molecule has 1 rings (SSSR count). The van der Waals surface area contributed by atoms with Gasteiger partial charge >= 0.3 is 0 Å². The van der Waals surface area contributed by atoms with Crippen molar-refractivity contribution in [2.24, 2.45) is 5.73 Å². The predicted octanol–water partition coefficient (Wildman–Crippen LogP) is -2.83. The second kappa shape index (κ2) is 5.06. The van der Waals surface area contributed by atoms with Gasteiger partial charge in [-0.05, 0) is 0 Å². The van der Waals surface area contributed by atoms with Crippen LogP contribution in [0.4, 0.5) is 0 Å². The summed E-state index contributed by atoms with van der Waals surface area (Å²) >= 11 is 0. The largest absolute Gasteiger partial charge is 0.394 e. The molecule has 0 aromatic heterocycles. The van der Waals surface area contributed by atoms with Gasteiger partial charge in [0.25, 0.3) is 0 Å². The van der Waals surface area contributed by atoms with Crippen LogP contribution in [0.1, 0.15) is 0 Å². The zero-order valence-corrected chi connectivity index (χ0v) is 7.59. The summed E-state index contributed by atoms with van der Waals surface area (Å²) in [5.74, 6) is 0. The lowest BCUT2D eigenvalue weighted by molar-refractivity contribution is -0.248. The Morgan fingerprint density at radius 1 is 1.15 bits per heavy atom. The summed E-state index contributed by atoms with van der Waals surface area (Å²) in [5.41, 5.74) is 5.26. The molecule has 80 valence electrons. The summed E-state index contributed by atoms with van der Waals surface area (Å²) in [6.07, 6.45) is -4.85. The van der Waals surface area contributed by atoms with Crippen molar-refractivity contribution in [3.8, 4) is 0 Å². The highest BCUT2D eigenvalue weighted by atomic mass is 35.5. The quantitative estimate of drug-likeness (QED) is 0.322. The standard InChI is InChI=1S/C6H13NO5.ClH/c7-3-5(10)4(9)2(1-8)12-6(3)11;/h2-6,8-11H,1,7H2;1H/t2-,3-,4+,5-,6-;/m1./s1. The monoisotopic (exact) mass is 215 g/mol. The number of nitrogens with two attached hydrogens (primary N) is 1. The fourth-order valence-corrected chi connectivity index (χ4v) is 1.12. The molecule has 5 atom stereocenters. The number of hydrogen-bond donors (Lipinski definition) is 5. The summed E-state index contributed by atoms with van der Waals surface area (Å²) in [6.45, 7) is -0.470. The first-order chi connectivity index (χ1) is 5.57. The minimum atomic E-state index is -1.35. The zero-order valence-electron chi connectivity index (χ0n) is 6.78. The van der Waals surface area contributed by atoms with E-state index in [1.165, 1.54) is 0 Å². The minimum absolute atomic E-state index is 0. The van der Waals surface area contributed by atoms with Gasteiger partial charge in [-0.15, -0.1) is 12.4 Å². The Morgan fingerprint density at radius 2 is 1.69 bits per heavy atom. The first-order valence-electron chi connectivity index (χ1n) is 3.64. The van der Waals surface area contributed by atoms with Gasteiger partial charge < -0.3 is 30.9 Å². The molecule has 13 heavy (non-hydrogen) atoms. The lowest BCUT2D eigenvalue weighted by Crippen LogP contribution is -2.61. The SMILES string of the molecule is Cl.N[C@@H]1[C@@H](O)[C@@H](O)[C@@H](CO)O[C@H]1O. The van der Waals surface area contributed by atoms with E-state index in [9.17, 15) is 10.2 Å². The van der Waals surface area contributed by atoms with Crippen LogP contribution in [0.2, 0.25) is 0 Å². The first-order valence-corrected chi connectivity index (χ1v) is 3.64. The number of ether oxygens (including phenoxy) is 1. The summed E-state index contributed by atoms with van der Waals surface area (Å²) in [4.78, 5) is 0. The molecule has 0 bridgehead atoms.